The molecule has 3 aromatic carbocycles. The summed E-state index contributed by atoms with van der Waals surface area (Å²) in [4.78, 5) is 0.285. The number of nitrogens with zero attached hydrogens (tertiary/aromatic N) is 1. The fourth-order valence-electron chi connectivity index (χ4n) is 4.84. The van der Waals surface area contributed by atoms with Gasteiger partial charge in [-0.25, -0.2) is 8.42 Å². The Balaban J connectivity index is 1.33. The highest BCUT2D eigenvalue weighted by Crippen LogP contribution is 2.39. The fourth-order valence-corrected chi connectivity index (χ4v) is 6.37. The fraction of sp³-hybridized carbons (Fsp3) is 0.280. The molecule has 160 valence electrons. The monoisotopic (exact) mass is 434 g/mol. The molecule has 3 aromatic rings. The van der Waals surface area contributed by atoms with Crippen molar-refractivity contribution in [2.45, 2.75) is 29.8 Å². The van der Waals surface area contributed by atoms with Crippen LogP contribution in [-0.2, 0) is 10.0 Å². The number of fused-ring (bicyclic) bond motifs is 2. The maximum atomic E-state index is 13.1. The van der Waals surface area contributed by atoms with Crippen molar-refractivity contribution in [3.05, 3.63) is 83.9 Å². The Morgan fingerprint density at radius 3 is 2.32 bits per heavy atom. The predicted molar refractivity (Wildman–Crippen MR) is 122 cm³/mol. The molecule has 0 spiro atoms. The first kappa shape index (κ1) is 20.2. The highest BCUT2D eigenvalue weighted by molar-refractivity contribution is 7.89. The Morgan fingerprint density at radius 2 is 1.65 bits per heavy atom. The van der Waals surface area contributed by atoms with E-state index in [0.29, 0.717) is 24.8 Å². The molecular formula is C25H26N2O3S. The number of benzene rings is 3. The van der Waals surface area contributed by atoms with Gasteiger partial charge < -0.3 is 10.1 Å². The number of piperazine rings is 1. The van der Waals surface area contributed by atoms with Crippen molar-refractivity contribution in [1.29, 1.82) is 0 Å². The van der Waals surface area contributed by atoms with Gasteiger partial charge in [0.15, 0.2) is 0 Å². The SMILES string of the molecule is COc1cccc(S(=O)(=O)N2C[C@@H]3N[C@H](C2)C3c2ccc(-c3ccccc3C)cc2)c1. The third kappa shape index (κ3) is 3.55. The Kier molecular flexibility index (Phi) is 5.08. The van der Waals surface area contributed by atoms with E-state index in [-0.39, 0.29) is 17.0 Å². The number of rotatable bonds is 5. The summed E-state index contributed by atoms with van der Waals surface area (Å²) in [5.41, 5.74) is 4.98. The summed E-state index contributed by atoms with van der Waals surface area (Å²) in [7, 11) is -1.99. The minimum atomic E-state index is -3.54. The Morgan fingerprint density at radius 1 is 0.935 bits per heavy atom. The maximum Gasteiger partial charge on any atom is 0.243 e. The van der Waals surface area contributed by atoms with Gasteiger partial charge in [0, 0.05) is 37.2 Å². The number of piperidine rings is 1. The van der Waals surface area contributed by atoms with E-state index >= 15 is 0 Å². The van der Waals surface area contributed by atoms with Gasteiger partial charge in [-0.3, -0.25) is 0 Å². The van der Waals surface area contributed by atoms with Crippen LogP contribution in [0.4, 0.5) is 0 Å². The molecule has 0 radical (unpaired) electrons. The van der Waals surface area contributed by atoms with Crippen LogP contribution in [0.5, 0.6) is 5.75 Å². The lowest BCUT2D eigenvalue weighted by atomic mass is 9.75. The first-order valence-electron chi connectivity index (χ1n) is 10.5. The molecule has 3 aliphatic rings. The minimum absolute atomic E-state index is 0.128. The van der Waals surface area contributed by atoms with Crippen molar-refractivity contribution in [2.24, 2.45) is 0 Å². The van der Waals surface area contributed by atoms with Crippen LogP contribution in [0.15, 0.2) is 77.7 Å². The molecule has 3 saturated heterocycles. The zero-order valence-corrected chi connectivity index (χ0v) is 18.5. The number of aryl methyl sites for hydroxylation is 1. The first-order chi connectivity index (χ1) is 15.0. The van der Waals surface area contributed by atoms with Gasteiger partial charge in [-0.05, 0) is 41.3 Å². The molecule has 3 heterocycles. The van der Waals surface area contributed by atoms with Gasteiger partial charge in [0.2, 0.25) is 10.0 Å². The van der Waals surface area contributed by atoms with Crippen molar-refractivity contribution in [2.75, 3.05) is 20.2 Å². The van der Waals surface area contributed by atoms with Crippen LogP contribution < -0.4 is 10.1 Å². The molecule has 3 fully saturated rings. The lowest BCUT2D eigenvalue weighted by molar-refractivity contribution is 0.102. The maximum absolute atomic E-state index is 13.1. The minimum Gasteiger partial charge on any atom is -0.497 e. The highest BCUT2D eigenvalue weighted by atomic mass is 32.2. The quantitative estimate of drug-likeness (QED) is 0.664. The topological polar surface area (TPSA) is 58.6 Å². The molecule has 6 heteroatoms. The van der Waals surface area contributed by atoms with Crippen LogP contribution in [-0.4, -0.2) is 45.0 Å². The second kappa shape index (κ2) is 7.79. The molecule has 2 bridgehead atoms. The normalized spacial score (nSPS) is 23.2. The van der Waals surface area contributed by atoms with Crippen LogP contribution in [0.3, 0.4) is 0 Å². The van der Waals surface area contributed by atoms with Gasteiger partial charge in [-0.1, -0.05) is 54.6 Å². The number of hydrogen-bond donors (Lipinski definition) is 1. The molecule has 3 atom stereocenters. The third-order valence-corrected chi connectivity index (χ3v) is 8.35. The second-order valence-corrected chi connectivity index (χ2v) is 10.3. The van der Waals surface area contributed by atoms with Crippen LogP contribution >= 0.6 is 0 Å². The van der Waals surface area contributed by atoms with Crippen molar-refractivity contribution in [1.82, 2.24) is 9.62 Å². The number of ether oxygens (including phenoxy) is 1. The van der Waals surface area contributed by atoms with E-state index in [1.807, 2.05) is 0 Å². The van der Waals surface area contributed by atoms with Gasteiger partial charge in [-0.15, -0.1) is 0 Å². The van der Waals surface area contributed by atoms with E-state index in [0.717, 1.165) is 0 Å². The van der Waals surface area contributed by atoms with E-state index in [4.69, 9.17) is 4.74 Å². The van der Waals surface area contributed by atoms with Gasteiger partial charge in [0.05, 0.1) is 12.0 Å². The van der Waals surface area contributed by atoms with E-state index < -0.39 is 10.0 Å². The van der Waals surface area contributed by atoms with Crippen LogP contribution in [0.25, 0.3) is 11.1 Å². The molecule has 1 N–H and O–H groups in total. The number of methoxy groups -OCH3 is 1. The van der Waals surface area contributed by atoms with Crippen molar-refractivity contribution < 1.29 is 13.2 Å². The molecule has 0 aromatic heterocycles. The molecule has 0 aliphatic carbocycles. The van der Waals surface area contributed by atoms with Crippen LogP contribution in [0.1, 0.15) is 17.0 Å². The summed E-state index contributed by atoms with van der Waals surface area (Å²) in [5, 5.41) is 3.53. The van der Waals surface area contributed by atoms with Crippen LogP contribution in [0, 0.1) is 6.92 Å². The number of hydrogen-bond acceptors (Lipinski definition) is 4. The standard InChI is InChI=1S/C25H26N2O3S/c1-17-6-3-4-9-22(17)18-10-12-19(13-11-18)25-23-15-27(16-24(25)26-23)31(28,29)21-8-5-7-20(14-21)30-2/h3-14,23-26H,15-16H2,1-2H3/t23-,24+,25?. The molecule has 5 nitrogen and oxygen atoms in total. The summed E-state index contributed by atoms with van der Waals surface area (Å²) in [5.74, 6) is 0.885. The average molecular weight is 435 g/mol. The van der Waals surface area contributed by atoms with Crippen molar-refractivity contribution in [3.8, 4) is 16.9 Å². The summed E-state index contributed by atoms with van der Waals surface area (Å²) in [6, 6.07) is 24.1. The smallest absolute Gasteiger partial charge is 0.243 e. The van der Waals surface area contributed by atoms with E-state index in [2.05, 4.69) is 60.8 Å². The Bertz CT molecular complexity index is 1200. The average Bonchev–Trinajstić information content (AvgIpc) is 2.80. The molecule has 31 heavy (non-hydrogen) atoms. The molecule has 1 unspecified atom stereocenters. The summed E-state index contributed by atoms with van der Waals surface area (Å²) >= 11 is 0. The predicted octanol–water partition coefficient (Wildman–Crippen LogP) is 3.80. The molecule has 3 aliphatic heterocycles. The third-order valence-electron chi connectivity index (χ3n) is 6.53. The molecule has 0 amide bonds. The van der Waals surface area contributed by atoms with Gasteiger partial charge in [0.1, 0.15) is 5.75 Å². The zero-order chi connectivity index (χ0) is 21.6. The van der Waals surface area contributed by atoms with Gasteiger partial charge in [0.25, 0.3) is 0 Å². The van der Waals surface area contributed by atoms with E-state index in [1.165, 1.54) is 22.3 Å². The van der Waals surface area contributed by atoms with E-state index in [1.54, 1.807) is 35.7 Å². The number of nitrogens with one attached hydrogen (secondary N) is 1. The molecular weight excluding hydrogens is 408 g/mol. The Labute approximate surface area is 183 Å². The molecule has 0 saturated carbocycles. The second-order valence-electron chi connectivity index (χ2n) is 8.34. The molecule has 6 rings (SSSR count). The summed E-state index contributed by atoms with van der Waals surface area (Å²) < 4.78 is 33.1. The zero-order valence-electron chi connectivity index (χ0n) is 17.7. The summed E-state index contributed by atoms with van der Waals surface area (Å²) in [6.07, 6.45) is 0. The van der Waals surface area contributed by atoms with Crippen LogP contribution in [0.2, 0.25) is 0 Å². The highest BCUT2D eigenvalue weighted by Gasteiger charge is 2.49. The van der Waals surface area contributed by atoms with E-state index in [9.17, 15) is 8.42 Å². The van der Waals surface area contributed by atoms with Gasteiger partial charge in [-0.2, -0.15) is 4.31 Å². The summed E-state index contributed by atoms with van der Waals surface area (Å²) in [6.45, 7) is 3.07. The first-order valence-corrected chi connectivity index (χ1v) is 12.0. The Hall–Kier alpha value is -2.67. The van der Waals surface area contributed by atoms with Gasteiger partial charge >= 0.3 is 0 Å². The lowest BCUT2D eigenvalue weighted by Crippen LogP contribution is -2.72. The van der Waals surface area contributed by atoms with Crippen molar-refractivity contribution >= 4 is 10.0 Å². The van der Waals surface area contributed by atoms with Crippen molar-refractivity contribution in [3.63, 3.8) is 0 Å². The number of sulfonamides is 1. The largest absolute Gasteiger partial charge is 0.497 e. The lowest BCUT2D eigenvalue weighted by Gasteiger charge is -2.54.